The summed E-state index contributed by atoms with van der Waals surface area (Å²) < 4.78 is 13.3. The molecule has 0 radical (unpaired) electrons. The van der Waals surface area contributed by atoms with Gasteiger partial charge in [0.1, 0.15) is 11.3 Å². The van der Waals surface area contributed by atoms with E-state index in [1.807, 2.05) is 0 Å². The van der Waals surface area contributed by atoms with Crippen LogP contribution in [0.1, 0.15) is 10.6 Å². The number of nitrogens with two attached hydrogens (primary N) is 1. The molecule has 2 heterocycles. The molecule has 0 amide bonds. The van der Waals surface area contributed by atoms with Crippen molar-refractivity contribution < 1.29 is 9.12 Å². The highest BCUT2D eigenvalue weighted by atomic mass is 32.1. The summed E-state index contributed by atoms with van der Waals surface area (Å²) in [6.07, 6.45) is 2.80. The van der Waals surface area contributed by atoms with Crippen LogP contribution >= 0.6 is 11.3 Å². The van der Waals surface area contributed by atoms with Gasteiger partial charge >= 0.3 is 5.95 Å². The summed E-state index contributed by atoms with van der Waals surface area (Å²) in [4.78, 5) is 9.01. The predicted octanol–water partition coefficient (Wildman–Crippen LogP) is 1.83. The molecule has 0 unspecified atom stereocenters. The Morgan fingerprint density at radius 3 is 2.70 bits per heavy atom. The number of aromatic nitrogens is 3. The van der Waals surface area contributed by atoms with Gasteiger partial charge in [0.2, 0.25) is 4.83 Å². The van der Waals surface area contributed by atoms with E-state index >= 15 is 0 Å². The fraction of sp³-hybridized carbons (Fsp3) is 0.154. The number of halogens is 1. The molecule has 0 aliphatic heterocycles. The minimum absolute atomic E-state index is 0.0776. The Hall–Kier alpha value is -2.28. The molecule has 0 saturated carbocycles. The highest BCUT2D eigenvalue weighted by Gasteiger charge is 2.11. The lowest BCUT2D eigenvalue weighted by molar-refractivity contribution is -0.591. The zero-order valence-electron chi connectivity index (χ0n) is 10.4. The SMILES string of the molecule is Nc1nc2sc(CCc3ccc(F)cc3)nc2c[n+]1[O-]. The molecule has 20 heavy (non-hydrogen) atoms. The van der Waals surface area contributed by atoms with E-state index < -0.39 is 0 Å². The Kier molecular flexibility index (Phi) is 3.19. The van der Waals surface area contributed by atoms with E-state index in [-0.39, 0.29) is 11.8 Å². The lowest BCUT2D eigenvalue weighted by atomic mass is 10.1. The monoisotopic (exact) mass is 290 g/mol. The normalized spacial score (nSPS) is 11.1. The molecule has 0 saturated heterocycles. The number of nitrogens with zero attached hydrogens (tertiary/aromatic N) is 3. The Morgan fingerprint density at radius 2 is 1.95 bits per heavy atom. The van der Waals surface area contributed by atoms with Gasteiger partial charge < -0.3 is 5.21 Å². The number of aryl methyl sites for hydroxylation is 2. The lowest BCUT2D eigenvalue weighted by Crippen LogP contribution is -2.30. The van der Waals surface area contributed by atoms with Crippen molar-refractivity contribution in [3.8, 4) is 0 Å². The first-order valence-corrected chi connectivity index (χ1v) is 6.83. The highest BCUT2D eigenvalue weighted by Crippen LogP contribution is 2.20. The summed E-state index contributed by atoms with van der Waals surface area (Å²) in [5.41, 5.74) is 7.05. The van der Waals surface area contributed by atoms with Crippen LogP contribution in [-0.2, 0) is 12.8 Å². The van der Waals surface area contributed by atoms with E-state index in [0.717, 1.165) is 17.0 Å². The molecule has 0 fully saturated rings. The van der Waals surface area contributed by atoms with E-state index in [4.69, 9.17) is 5.73 Å². The van der Waals surface area contributed by atoms with Crippen LogP contribution in [0.2, 0.25) is 0 Å². The molecule has 5 nitrogen and oxygen atoms in total. The van der Waals surface area contributed by atoms with Crippen molar-refractivity contribution >= 4 is 27.6 Å². The Morgan fingerprint density at radius 1 is 1.20 bits per heavy atom. The van der Waals surface area contributed by atoms with Gasteiger partial charge in [0.15, 0.2) is 0 Å². The highest BCUT2D eigenvalue weighted by molar-refractivity contribution is 7.18. The van der Waals surface area contributed by atoms with E-state index in [2.05, 4.69) is 9.97 Å². The van der Waals surface area contributed by atoms with Crippen LogP contribution in [0, 0.1) is 11.0 Å². The molecule has 1 aromatic carbocycles. The topological polar surface area (TPSA) is 78.7 Å². The zero-order chi connectivity index (χ0) is 14.1. The Labute approximate surface area is 118 Å². The van der Waals surface area contributed by atoms with Crippen molar-refractivity contribution in [3.05, 3.63) is 52.1 Å². The lowest BCUT2D eigenvalue weighted by Gasteiger charge is -2.01. The third kappa shape index (κ3) is 2.53. The summed E-state index contributed by atoms with van der Waals surface area (Å²) in [5, 5.41) is 12.2. The van der Waals surface area contributed by atoms with Crippen LogP contribution in [0.15, 0.2) is 30.5 Å². The maximum absolute atomic E-state index is 12.8. The second-order valence-corrected chi connectivity index (χ2v) is 5.41. The number of rotatable bonds is 3. The molecular weight excluding hydrogens is 279 g/mol. The van der Waals surface area contributed by atoms with Gasteiger partial charge in [-0.15, -0.1) is 0 Å². The molecule has 0 atom stereocenters. The van der Waals surface area contributed by atoms with Gasteiger partial charge in [0.25, 0.3) is 0 Å². The van der Waals surface area contributed by atoms with Gasteiger partial charge in [0.05, 0.1) is 11.2 Å². The van der Waals surface area contributed by atoms with Crippen molar-refractivity contribution in [1.82, 2.24) is 9.97 Å². The molecule has 2 N–H and O–H groups in total. The largest absolute Gasteiger partial charge is 0.740 e. The minimum Gasteiger partial charge on any atom is -0.740 e. The summed E-state index contributed by atoms with van der Waals surface area (Å²) in [6, 6.07) is 6.39. The Bertz CT molecular complexity index is 718. The van der Waals surface area contributed by atoms with E-state index in [9.17, 15) is 9.60 Å². The van der Waals surface area contributed by atoms with Gasteiger partial charge in [-0.2, -0.15) is 0 Å². The summed E-state index contributed by atoms with van der Waals surface area (Å²) in [5.74, 6) is -0.320. The number of nitrogen functional groups attached to an aromatic ring is 1. The third-order valence-electron chi connectivity index (χ3n) is 2.90. The van der Waals surface area contributed by atoms with Crippen molar-refractivity contribution in [2.45, 2.75) is 12.8 Å². The molecule has 0 spiro atoms. The van der Waals surface area contributed by atoms with Crippen LogP contribution in [0.4, 0.5) is 10.3 Å². The molecule has 3 rings (SSSR count). The maximum atomic E-state index is 12.8. The average Bonchev–Trinajstić information content (AvgIpc) is 2.80. The fourth-order valence-corrected chi connectivity index (χ4v) is 2.79. The van der Waals surface area contributed by atoms with Crippen molar-refractivity contribution in [2.75, 3.05) is 5.73 Å². The molecule has 0 aliphatic carbocycles. The minimum atomic E-state index is -0.242. The number of hydrogen-bond donors (Lipinski definition) is 1. The summed E-state index contributed by atoms with van der Waals surface area (Å²) >= 11 is 1.41. The van der Waals surface area contributed by atoms with Gasteiger partial charge in [-0.1, -0.05) is 28.5 Å². The average molecular weight is 290 g/mol. The molecule has 3 aromatic rings. The van der Waals surface area contributed by atoms with Gasteiger partial charge in [0, 0.05) is 6.42 Å². The fourth-order valence-electron chi connectivity index (χ4n) is 1.87. The van der Waals surface area contributed by atoms with Gasteiger partial charge in [-0.05, 0) is 24.1 Å². The van der Waals surface area contributed by atoms with Crippen LogP contribution in [0.3, 0.4) is 0 Å². The number of fused-ring (bicyclic) bond motifs is 1. The molecule has 7 heteroatoms. The second kappa shape index (κ2) is 5.01. The molecule has 0 bridgehead atoms. The number of benzene rings is 1. The number of anilines is 1. The zero-order valence-corrected chi connectivity index (χ0v) is 11.2. The van der Waals surface area contributed by atoms with Crippen LogP contribution in [0.25, 0.3) is 10.3 Å². The first-order chi connectivity index (χ1) is 9.61. The number of hydrogen-bond acceptors (Lipinski definition) is 5. The van der Waals surface area contributed by atoms with E-state index in [1.165, 1.54) is 29.7 Å². The quantitative estimate of drug-likeness (QED) is 0.589. The smallest absolute Gasteiger partial charge is 0.391 e. The van der Waals surface area contributed by atoms with E-state index in [1.54, 1.807) is 12.1 Å². The molecule has 0 aliphatic rings. The second-order valence-electron chi connectivity index (χ2n) is 4.35. The van der Waals surface area contributed by atoms with Crippen LogP contribution in [-0.4, -0.2) is 9.97 Å². The first-order valence-electron chi connectivity index (χ1n) is 6.01. The third-order valence-corrected chi connectivity index (χ3v) is 3.93. The molecular formula is C13H11FN4OS. The summed E-state index contributed by atoms with van der Waals surface area (Å²) in [6.45, 7) is 0. The van der Waals surface area contributed by atoms with Crippen molar-refractivity contribution in [3.63, 3.8) is 0 Å². The molecule has 102 valence electrons. The van der Waals surface area contributed by atoms with Gasteiger partial charge in [-0.3, -0.25) is 5.73 Å². The predicted molar refractivity (Wildman–Crippen MR) is 74.6 cm³/mol. The van der Waals surface area contributed by atoms with Crippen LogP contribution < -0.4 is 10.5 Å². The van der Waals surface area contributed by atoms with Gasteiger partial charge in [-0.25, -0.2) is 14.1 Å². The Balaban J connectivity index is 1.79. The van der Waals surface area contributed by atoms with Crippen LogP contribution in [0.5, 0.6) is 0 Å². The summed E-state index contributed by atoms with van der Waals surface area (Å²) in [7, 11) is 0. The van der Waals surface area contributed by atoms with E-state index in [0.29, 0.717) is 21.5 Å². The van der Waals surface area contributed by atoms with Crippen molar-refractivity contribution in [1.29, 1.82) is 0 Å². The first kappa shape index (κ1) is 12.7. The standard InChI is InChI=1S/C13H11FN4OS/c14-9-4-1-8(2-5-9)3-6-11-16-10-7-18(19)13(15)17-12(10)20-11/h1-2,4-5,7H,3,6H2,(H2,15,17). The molecule has 2 aromatic heterocycles. The maximum Gasteiger partial charge on any atom is 0.391 e. The van der Waals surface area contributed by atoms with Crippen molar-refractivity contribution in [2.24, 2.45) is 0 Å². The number of thiazole rings is 1.